The second kappa shape index (κ2) is 6.62. The van der Waals surface area contributed by atoms with Crippen molar-refractivity contribution in [3.8, 4) is 6.07 Å². The molecule has 84 valence electrons. The molecule has 3 heteroatoms. The van der Waals surface area contributed by atoms with Crippen LogP contribution in [0.15, 0.2) is 30.3 Å². The van der Waals surface area contributed by atoms with E-state index in [9.17, 15) is 4.79 Å². The largest absolute Gasteiger partial charge is 0.356 e. The Hall–Kier alpha value is -1.82. The molecule has 1 atom stereocenters. The summed E-state index contributed by atoms with van der Waals surface area (Å²) in [5.74, 6) is -0.407. The number of carbonyl (C=O) groups excluding carboxylic acids is 1. The number of hydrogen-bond acceptors (Lipinski definition) is 2. The molecule has 0 saturated carbocycles. The van der Waals surface area contributed by atoms with Crippen molar-refractivity contribution in [1.29, 1.82) is 5.26 Å². The van der Waals surface area contributed by atoms with E-state index in [4.69, 9.17) is 5.26 Å². The normalized spacial score (nSPS) is 11.5. The van der Waals surface area contributed by atoms with Crippen molar-refractivity contribution in [3.05, 3.63) is 35.9 Å². The molecule has 1 unspecified atom stereocenters. The van der Waals surface area contributed by atoms with Gasteiger partial charge in [-0.15, -0.1) is 0 Å². The van der Waals surface area contributed by atoms with Crippen LogP contribution >= 0.6 is 0 Å². The number of nitrogens with one attached hydrogen (secondary N) is 1. The van der Waals surface area contributed by atoms with Crippen molar-refractivity contribution in [2.24, 2.45) is 0 Å². The molecule has 1 amide bonds. The zero-order valence-electron chi connectivity index (χ0n) is 9.44. The molecule has 0 fully saturated rings. The highest BCUT2D eigenvalue weighted by Crippen LogP contribution is 2.17. The summed E-state index contributed by atoms with van der Waals surface area (Å²) in [5, 5.41) is 11.8. The van der Waals surface area contributed by atoms with Crippen LogP contribution in [0.2, 0.25) is 0 Å². The first kappa shape index (κ1) is 12.3. The fraction of sp³-hybridized carbons (Fsp3) is 0.385. The van der Waals surface area contributed by atoms with Crippen LogP contribution in [-0.2, 0) is 4.79 Å². The highest BCUT2D eigenvalue weighted by atomic mass is 16.1. The van der Waals surface area contributed by atoms with Crippen molar-refractivity contribution in [2.75, 3.05) is 6.54 Å². The smallest absolute Gasteiger partial charge is 0.221 e. The Balaban J connectivity index is 2.57. The van der Waals surface area contributed by atoms with E-state index in [1.807, 2.05) is 37.3 Å². The minimum absolute atomic E-state index is 0.0581. The van der Waals surface area contributed by atoms with Crippen molar-refractivity contribution in [2.45, 2.75) is 25.7 Å². The molecule has 0 aliphatic rings. The van der Waals surface area contributed by atoms with Crippen LogP contribution in [0.4, 0.5) is 0 Å². The summed E-state index contributed by atoms with van der Waals surface area (Å²) in [6.45, 7) is 2.67. The summed E-state index contributed by atoms with van der Waals surface area (Å²) in [7, 11) is 0. The first-order chi connectivity index (χ1) is 7.77. The number of nitriles is 1. The van der Waals surface area contributed by atoms with Gasteiger partial charge in [0, 0.05) is 13.0 Å². The van der Waals surface area contributed by atoms with E-state index in [2.05, 4.69) is 11.4 Å². The number of carbonyl (C=O) groups is 1. The molecule has 16 heavy (non-hydrogen) atoms. The van der Waals surface area contributed by atoms with Gasteiger partial charge in [0.15, 0.2) is 0 Å². The topological polar surface area (TPSA) is 52.9 Å². The molecule has 0 radical (unpaired) electrons. The lowest BCUT2D eigenvalue weighted by atomic mass is 9.97. The predicted molar refractivity (Wildman–Crippen MR) is 62.7 cm³/mol. The quantitative estimate of drug-likeness (QED) is 0.820. The SMILES string of the molecule is CCCNC(=O)CC(C#N)c1ccccc1. The molecule has 0 aromatic heterocycles. The summed E-state index contributed by atoms with van der Waals surface area (Å²) in [6, 6.07) is 11.6. The number of amides is 1. The molecule has 0 heterocycles. The lowest BCUT2D eigenvalue weighted by Gasteiger charge is -2.09. The molecule has 0 aliphatic carbocycles. The highest BCUT2D eigenvalue weighted by molar-refractivity contribution is 5.77. The Morgan fingerprint density at radius 1 is 1.44 bits per heavy atom. The first-order valence-corrected chi connectivity index (χ1v) is 5.49. The van der Waals surface area contributed by atoms with Gasteiger partial charge in [-0.05, 0) is 12.0 Å². The second-order valence-corrected chi connectivity index (χ2v) is 3.65. The van der Waals surface area contributed by atoms with Gasteiger partial charge in [-0.25, -0.2) is 0 Å². The van der Waals surface area contributed by atoms with Crippen LogP contribution < -0.4 is 5.32 Å². The average Bonchev–Trinajstić information content (AvgIpc) is 2.34. The van der Waals surface area contributed by atoms with Crippen LogP contribution in [-0.4, -0.2) is 12.5 Å². The van der Waals surface area contributed by atoms with Crippen molar-refractivity contribution in [1.82, 2.24) is 5.32 Å². The van der Waals surface area contributed by atoms with Gasteiger partial charge in [0.2, 0.25) is 5.91 Å². The predicted octanol–water partition coefficient (Wildman–Crippen LogP) is 2.21. The van der Waals surface area contributed by atoms with E-state index in [1.165, 1.54) is 0 Å². The molecule has 0 saturated heterocycles. The van der Waals surface area contributed by atoms with Crippen molar-refractivity contribution >= 4 is 5.91 Å². The van der Waals surface area contributed by atoms with Gasteiger partial charge in [-0.2, -0.15) is 5.26 Å². The van der Waals surface area contributed by atoms with E-state index < -0.39 is 0 Å². The monoisotopic (exact) mass is 216 g/mol. The number of hydrogen-bond donors (Lipinski definition) is 1. The number of nitrogens with zero attached hydrogens (tertiary/aromatic N) is 1. The van der Waals surface area contributed by atoms with E-state index >= 15 is 0 Å². The van der Waals surface area contributed by atoms with Crippen LogP contribution in [0.25, 0.3) is 0 Å². The maximum atomic E-state index is 11.5. The van der Waals surface area contributed by atoms with Crippen LogP contribution in [0.1, 0.15) is 31.2 Å². The molecule has 0 aliphatic heterocycles. The fourth-order valence-electron chi connectivity index (χ4n) is 1.45. The fourth-order valence-corrected chi connectivity index (χ4v) is 1.45. The Morgan fingerprint density at radius 2 is 2.12 bits per heavy atom. The zero-order chi connectivity index (χ0) is 11.8. The van der Waals surface area contributed by atoms with E-state index in [-0.39, 0.29) is 18.2 Å². The maximum absolute atomic E-state index is 11.5. The van der Waals surface area contributed by atoms with Gasteiger partial charge < -0.3 is 5.32 Å². The van der Waals surface area contributed by atoms with E-state index in [1.54, 1.807) is 0 Å². The van der Waals surface area contributed by atoms with E-state index in [0.717, 1.165) is 12.0 Å². The lowest BCUT2D eigenvalue weighted by molar-refractivity contribution is -0.121. The first-order valence-electron chi connectivity index (χ1n) is 5.49. The summed E-state index contributed by atoms with van der Waals surface area (Å²) >= 11 is 0. The van der Waals surface area contributed by atoms with Crippen LogP contribution in [0.3, 0.4) is 0 Å². The Kier molecular flexibility index (Phi) is 5.07. The van der Waals surface area contributed by atoms with Gasteiger partial charge in [-0.3, -0.25) is 4.79 Å². The maximum Gasteiger partial charge on any atom is 0.221 e. The minimum atomic E-state index is -0.349. The molecule has 1 rings (SSSR count). The highest BCUT2D eigenvalue weighted by Gasteiger charge is 2.14. The number of benzene rings is 1. The summed E-state index contributed by atoms with van der Waals surface area (Å²) in [5.41, 5.74) is 0.900. The van der Waals surface area contributed by atoms with Crippen LogP contribution in [0.5, 0.6) is 0 Å². The molecular formula is C13H16N2O. The molecule has 0 spiro atoms. The van der Waals surface area contributed by atoms with Crippen molar-refractivity contribution < 1.29 is 4.79 Å². The van der Waals surface area contributed by atoms with Gasteiger partial charge >= 0.3 is 0 Å². The second-order valence-electron chi connectivity index (χ2n) is 3.65. The average molecular weight is 216 g/mol. The Labute approximate surface area is 96.1 Å². The third-order valence-electron chi connectivity index (χ3n) is 2.32. The molecular weight excluding hydrogens is 200 g/mol. The summed E-state index contributed by atoms with van der Waals surface area (Å²) in [4.78, 5) is 11.5. The molecule has 0 bridgehead atoms. The summed E-state index contributed by atoms with van der Waals surface area (Å²) in [6.07, 6.45) is 1.15. The van der Waals surface area contributed by atoms with Gasteiger partial charge in [0.25, 0.3) is 0 Å². The van der Waals surface area contributed by atoms with E-state index in [0.29, 0.717) is 6.54 Å². The standard InChI is InChI=1S/C13H16N2O/c1-2-8-15-13(16)9-12(10-14)11-6-4-3-5-7-11/h3-7,12H,2,8-9H2,1H3,(H,15,16). The summed E-state index contributed by atoms with van der Waals surface area (Å²) < 4.78 is 0. The molecule has 1 aromatic rings. The molecule has 3 nitrogen and oxygen atoms in total. The minimum Gasteiger partial charge on any atom is -0.356 e. The van der Waals surface area contributed by atoms with Crippen LogP contribution in [0, 0.1) is 11.3 Å². The van der Waals surface area contributed by atoms with Gasteiger partial charge in [-0.1, -0.05) is 37.3 Å². The third kappa shape index (κ3) is 3.74. The Bertz CT molecular complexity index is 367. The molecule has 1 aromatic carbocycles. The molecule has 1 N–H and O–H groups in total. The van der Waals surface area contributed by atoms with Crippen molar-refractivity contribution in [3.63, 3.8) is 0 Å². The van der Waals surface area contributed by atoms with Gasteiger partial charge in [0.1, 0.15) is 0 Å². The zero-order valence-corrected chi connectivity index (χ0v) is 9.44. The lowest BCUT2D eigenvalue weighted by Crippen LogP contribution is -2.25. The third-order valence-corrected chi connectivity index (χ3v) is 2.32. The van der Waals surface area contributed by atoms with Gasteiger partial charge in [0.05, 0.1) is 12.0 Å². The number of rotatable bonds is 5. The Morgan fingerprint density at radius 3 is 2.69 bits per heavy atom.